The van der Waals surface area contributed by atoms with E-state index in [1.807, 2.05) is 34.6 Å². The number of hydrogen-bond donors (Lipinski definition) is 1. The van der Waals surface area contributed by atoms with Crippen LogP contribution in [0.3, 0.4) is 0 Å². The van der Waals surface area contributed by atoms with Gasteiger partial charge in [-0.3, -0.25) is 14.3 Å². The average molecular weight is 543 g/mol. The Hall–Kier alpha value is -4.67. The van der Waals surface area contributed by atoms with Crippen molar-refractivity contribution < 1.29 is 4.39 Å². The molecule has 4 aromatic heterocycles. The van der Waals surface area contributed by atoms with Crippen molar-refractivity contribution in [1.82, 2.24) is 34.1 Å². The topological polar surface area (TPSA) is 113 Å². The average Bonchev–Trinajstić information content (AvgIpc) is 3.37. The van der Waals surface area contributed by atoms with Crippen LogP contribution in [0, 0.1) is 5.82 Å². The number of aromatic nitrogens is 7. The van der Waals surface area contributed by atoms with E-state index < -0.39 is 11.4 Å². The van der Waals surface area contributed by atoms with Crippen LogP contribution < -0.4 is 16.4 Å². The van der Waals surface area contributed by atoms with E-state index in [1.54, 1.807) is 48.6 Å². The maximum Gasteiger partial charge on any atom is 0.293 e. The van der Waals surface area contributed by atoms with Gasteiger partial charge in [-0.25, -0.2) is 14.4 Å². The van der Waals surface area contributed by atoms with Gasteiger partial charge in [0.2, 0.25) is 0 Å². The van der Waals surface area contributed by atoms with Crippen LogP contribution in [0.2, 0.25) is 0 Å². The lowest BCUT2D eigenvalue weighted by molar-refractivity contribution is 0.576. The number of hydrogen-bond acceptors (Lipinski definition) is 7. The van der Waals surface area contributed by atoms with Crippen molar-refractivity contribution >= 4 is 22.3 Å². The molecule has 0 atom stereocenters. The molecule has 5 aromatic rings. The Morgan fingerprint density at radius 1 is 1.02 bits per heavy atom. The lowest BCUT2D eigenvalue weighted by Gasteiger charge is -2.20. The molecule has 0 unspecified atom stereocenters. The molecule has 11 heteroatoms. The smallest absolute Gasteiger partial charge is 0.293 e. The molecule has 0 aliphatic carbocycles. The molecule has 0 radical (unpaired) electrons. The van der Waals surface area contributed by atoms with Crippen molar-refractivity contribution in [2.45, 2.75) is 53.0 Å². The van der Waals surface area contributed by atoms with Gasteiger partial charge >= 0.3 is 0 Å². The van der Waals surface area contributed by atoms with Gasteiger partial charge in [-0.05, 0) is 42.5 Å². The van der Waals surface area contributed by atoms with Crippen LogP contribution in [-0.4, -0.2) is 34.1 Å². The molecule has 5 rings (SSSR count). The highest BCUT2D eigenvalue weighted by atomic mass is 19.1. The summed E-state index contributed by atoms with van der Waals surface area (Å²) in [6, 6.07) is 4.98. The molecule has 0 saturated carbocycles. The second-order valence-electron chi connectivity index (χ2n) is 10.6. The third-order valence-electron chi connectivity index (χ3n) is 6.86. The minimum absolute atomic E-state index is 0.0448. The van der Waals surface area contributed by atoms with Crippen LogP contribution in [0.5, 0.6) is 0 Å². The summed E-state index contributed by atoms with van der Waals surface area (Å²) in [4.78, 5) is 35.5. The molecule has 0 aliphatic heterocycles. The third-order valence-corrected chi connectivity index (χ3v) is 6.86. The normalized spacial score (nSPS) is 11.8. The van der Waals surface area contributed by atoms with E-state index in [2.05, 4.69) is 25.5 Å². The monoisotopic (exact) mass is 542 g/mol. The zero-order chi connectivity index (χ0) is 28.8. The van der Waals surface area contributed by atoms with Gasteiger partial charge in [0.1, 0.15) is 5.82 Å². The Bertz CT molecular complexity index is 1860. The summed E-state index contributed by atoms with van der Waals surface area (Å²) in [5.74, 6) is -0.186. The summed E-state index contributed by atoms with van der Waals surface area (Å²) in [5, 5.41) is 12.1. The second-order valence-corrected chi connectivity index (χ2v) is 10.6. The van der Waals surface area contributed by atoms with Crippen LogP contribution in [0.1, 0.15) is 45.7 Å². The lowest BCUT2D eigenvalue weighted by Crippen LogP contribution is -2.25. The van der Waals surface area contributed by atoms with E-state index in [9.17, 15) is 9.59 Å². The molecule has 4 heterocycles. The Morgan fingerprint density at radius 3 is 2.48 bits per heavy atom. The fourth-order valence-electron chi connectivity index (χ4n) is 4.63. The molecule has 0 saturated heterocycles. The summed E-state index contributed by atoms with van der Waals surface area (Å²) in [6.07, 6.45) is 8.56. The highest BCUT2D eigenvalue weighted by molar-refractivity contribution is 5.82. The molecule has 1 N–H and O–H groups in total. The minimum atomic E-state index is -0.599. The van der Waals surface area contributed by atoms with E-state index in [0.717, 1.165) is 10.2 Å². The highest BCUT2D eigenvalue weighted by Crippen LogP contribution is 2.29. The van der Waals surface area contributed by atoms with E-state index in [4.69, 9.17) is 0 Å². The van der Waals surface area contributed by atoms with Gasteiger partial charge in [0.15, 0.2) is 11.6 Å². The van der Waals surface area contributed by atoms with E-state index in [0.29, 0.717) is 40.9 Å². The predicted octanol–water partition coefficient (Wildman–Crippen LogP) is 4.50. The Labute approximate surface area is 230 Å². The molecule has 0 spiro atoms. The summed E-state index contributed by atoms with van der Waals surface area (Å²) in [5.41, 5.74) is 2.07. The van der Waals surface area contributed by atoms with Crippen LogP contribution in [0.4, 0.5) is 15.9 Å². The van der Waals surface area contributed by atoms with Crippen LogP contribution >= 0.6 is 0 Å². The Morgan fingerprint density at radius 2 is 1.80 bits per heavy atom. The molecule has 0 fully saturated rings. The predicted molar refractivity (Wildman–Crippen MR) is 153 cm³/mol. The Balaban J connectivity index is 1.64. The number of fused-ring (bicyclic) bond motifs is 1. The first-order chi connectivity index (χ1) is 19.0. The fraction of sp³-hybridized carbons (Fsp3) is 0.310. The fourth-order valence-corrected chi connectivity index (χ4v) is 4.63. The van der Waals surface area contributed by atoms with Crippen LogP contribution in [-0.2, 0) is 25.4 Å². The number of aryl methyl sites for hydroxylation is 2. The van der Waals surface area contributed by atoms with Crippen molar-refractivity contribution in [3.05, 3.63) is 86.8 Å². The zero-order valence-electron chi connectivity index (χ0n) is 23.4. The van der Waals surface area contributed by atoms with Crippen molar-refractivity contribution in [3.8, 4) is 17.1 Å². The second kappa shape index (κ2) is 10.1. The molecule has 1 aromatic carbocycles. The van der Waals surface area contributed by atoms with Crippen LogP contribution in [0.25, 0.3) is 27.8 Å². The first kappa shape index (κ1) is 26.9. The SMILES string of the molecule is CCc1c(-c2cn(C)c(=O)c(Nc3cnn(CC)c3)n2)ccnc1-n1ncc2cc(C(C)(C)C)cc(F)c2c1=O. The maximum absolute atomic E-state index is 15.3. The molecule has 0 aliphatic rings. The number of rotatable bonds is 6. The zero-order valence-corrected chi connectivity index (χ0v) is 23.4. The standard InChI is InChI=1S/C29H31FN8O2/c1-7-20-21(23-16-36(6)28(40)25(35-23)34-19-14-32-37(8-2)15-19)9-10-31-26(20)38-27(39)24-17(13-33-38)11-18(12-22(24)30)29(3,4)5/h9-16H,7-8H2,1-6H3,(H,34,35). The molecule has 10 nitrogen and oxygen atoms in total. The summed E-state index contributed by atoms with van der Waals surface area (Å²) < 4.78 is 19.6. The number of anilines is 2. The molecular formula is C29H31FN8O2. The molecule has 40 heavy (non-hydrogen) atoms. The van der Waals surface area contributed by atoms with Crippen molar-refractivity contribution in [1.29, 1.82) is 0 Å². The van der Waals surface area contributed by atoms with E-state index in [1.165, 1.54) is 16.8 Å². The van der Waals surface area contributed by atoms with Gasteiger partial charge < -0.3 is 9.88 Å². The molecule has 206 valence electrons. The molecular weight excluding hydrogens is 511 g/mol. The van der Waals surface area contributed by atoms with Crippen molar-refractivity contribution in [3.63, 3.8) is 0 Å². The summed E-state index contributed by atoms with van der Waals surface area (Å²) >= 11 is 0. The highest BCUT2D eigenvalue weighted by Gasteiger charge is 2.21. The first-order valence-corrected chi connectivity index (χ1v) is 13.1. The number of nitrogens with one attached hydrogen (secondary N) is 1. The van der Waals surface area contributed by atoms with Crippen LogP contribution in [0.15, 0.2) is 58.8 Å². The summed E-state index contributed by atoms with van der Waals surface area (Å²) in [7, 11) is 1.64. The third kappa shape index (κ3) is 4.78. The quantitative estimate of drug-likeness (QED) is 0.336. The van der Waals surface area contributed by atoms with Gasteiger partial charge in [-0.15, -0.1) is 0 Å². The van der Waals surface area contributed by atoms with E-state index >= 15 is 4.39 Å². The first-order valence-electron chi connectivity index (χ1n) is 13.1. The summed E-state index contributed by atoms with van der Waals surface area (Å²) in [6.45, 7) is 10.5. The number of halogens is 1. The maximum atomic E-state index is 15.3. The van der Waals surface area contributed by atoms with Gasteiger partial charge in [0.05, 0.1) is 29.2 Å². The van der Waals surface area contributed by atoms with Gasteiger partial charge in [0.25, 0.3) is 11.1 Å². The van der Waals surface area contributed by atoms with E-state index in [-0.39, 0.29) is 28.0 Å². The van der Waals surface area contributed by atoms with Gasteiger partial charge in [0, 0.05) is 48.7 Å². The lowest BCUT2D eigenvalue weighted by atomic mass is 9.86. The minimum Gasteiger partial charge on any atom is -0.333 e. The Kier molecular flexibility index (Phi) is 6.82. The molecule has 0 amide bonds. The number of pyridine rings is 1. The molecule has 0 bridgehead atoms. The van der Waals surface area contributed by atoms with Crippen molar-refractivity contribution in [2.24, 2.45) is 7.05 Å². The number of benzene rings is 1. The van der Waals surface area contributed by atoms with Gasteiger partial charge in [-0.1, -0.05) is 27.7 Å². The van der Waals surface area contributed by atoms with Crippen molar-refractivity contribution in [2.75, 3.05) is 5.32 Å². The largest absolute Gasteiger partial charge is 0.333 e. The number of nitrogens with zero attached hydrogens (tertiary/aromatic N) is 7. The van der Waals surface area contributed by atoms with Gasteiger partial charge in [-0.2, -0.15) is 14.9 Å².